The number of carbonyl (C=O) groups excluding carboxylic acids is 1. The molecule has 1 aliphatic carbocycles. The van der Waals surface area contributed by atoms with Gasteiger partial charge in [-0.3, -0.25) is 0 Å². The van der Waals surface area contributed by atoms with Crippen LogP contribution in [0, 0.1) is 5.92 Å². The Morgan fingerprint density at radius 2 is 2.10 bits per heavy atom. The maximum Gasteiger partial charge on any atom is 0.344 e. The van der Waals surface area contributed by atoms with Gasteiger partial charge in [0.05, 0.1) is 5.71 Å². The molecule has 0 radical (unpaired) electrons. The first-order valence-corrected chi connectivity index (χ1v) is 7.86. The van der Waals surface area contributed by atoms with Crippen LogP contribution in [0.2, 0.25) is 0 Å². The maximum atomic E-state index is 12.3. The molecule has 0 atom stereocenters. The molecular formula is C16H25NO4. The fourth-order valence-electron chi connectivity index (χ4n) is 3.08. The zero-order chi connectivity index (χ0) is 15.5. The van der Waals surface area contributed by atoms with E-state index in [1.165, 1.54) is 0 Å². The molecule has 118 valence electrons. The van der Waals surface area contributed by atoms with Crippen LogP contribution in [0.3, 0.4) is 0 Å². The molecule has 2 rings (SSSR count). The summed E-state index contributed by atoms with van der Waals surface area (Å²) in [7, 11) is 0. The highest BCUT2D eigenvalue weighted by atomic mass is 16.6. The van der Waals surface area contributed by atoms with Gasteiger partial charge in [0, 0.05) is 6.42 Å². The summed E-state index contributed by atoms with van der Waals surface area (Å²) in [5, 5.41) is 14.3. The zero-order valence-corrected chi connectivity index (χ0v) is 13.1. The van der Waals surface area contributed by atoms with E-state index in [1.807, 2.05) is 13.8 Å². The number of esters is 1. The highest BCUT2D eigenvalue weighted by Crippen LogP contribution is 2.42. The smallest absolute Gasteiger partial charge is 0.344 e. The van der Waals surface area contributed by atoms with Gasteiger partial charge in [-0.05, 0) is 44.9 Å². The van der Waals surface area contributed by atoms with Crippen molar-refractivity contribution in [2.45, 2.75) is 64.9 Å². The molecule has 1 aliphatic heterocycles. The number of oxime groups is 1. The molecule has 1 fully saturated rings. The monoisotopic (exact) mass is 295 g/mol. The summed E-state index contributed by atoms with van der Waals surface area (Å²) in [6.07, 6.45) is 4.61. The lowest BCUT2D eigenvalue weighted by molar-refractivity contribution is -0.162. The second kappa shape index (κ2) is 6.50. The fourth-order valence-corrected chi connectivity index (χ4v) is 3.08. The van der Waals surface area contributed by atoms with Crippen LogP contribution in [0.15, 0.2) is 16.5 Å². The summed E-state index contributed by atoms with van der Waals surface area (Å²) in [6, 6.07) is 0. The molecule has 0 aromatic rings. The van der Waals surface area contributed by atoms with Gasteiger partial charge in [-0.25, -0.2) is 4.79 Å². The first kappa shape index (κ1) is 15.9. The quantitative estimate of drug-likeness (QED) is 0.489. The number of ether oxygens (including phenoxy) is 1. The number of aliphatic hydroxyl groups is 1. The van der Waals surface area contributed by atoms with Gasteiger partial charge in [-0.1, -0.05) is 19.0 Å². The summed E-state index contributed by atoms with van der Waals surface area (Å²) in [6.45, 7) is 6.33. The summed E-state index contributed by atoms with van der Waals surface area (Å²) in [4.78, 5) is 17.4. The molecule has 1 heterocycles. The molecule has 5 nitrogen and oxygen atoms in total. The van der Waals surface area contributed by atoms with E-state index in [0.717, 1.165) is 25.7 Å². The fraction of sp³-hybridized carbons (Fsp3) is 0.750. The van der Waals surface area contributed by atoms with E-state index in [-0.39, 0.29) is 11.3 Å². The molecule has 1 N–H and O–H groups in total. The SMILES string of the molecule is CCON=C(CC)C1=C(O)CC2(CCC(C)CC2)OC1=O. The Morgan fingerprint density at radius 3 is 2.62 bits per heavy atom. The van der Waals surface area contributed by atoms with Gasteiger partial charge in [-0.2, -0.15) is 0 Å². The molecule has 0 aromatic carbocycles. The molecule has 21 heavy (non-hydrogen) atoms. The molecule has 5 heteroatoms. The Bertz CT molecular complexity index is 459. The van der Waals surface area contributed by atoms with Gasteiger partial charge in [0.1, 0.15) is 23.5 Å². The molecule has 0 unspecified atom stereocenters. The van der Waals surface area contributed by atoms with Gasteiger partial charge >= 0.3 is 5.97 Å². The lowest BCUT2D eigenvalue weighted by atomic mass is 9.75. The number of hydrogen-bond donors (Lipinski definition) is 1. The van der Waals surface area contributed by atoms with Crippen molar-refractivity contribution in [3.8, 4) is 0 Å². The first-order valence-electron chi connectivity index (χ1n) is 7.86. The highest BCUT2D eigenvalue weighted by molar-refractivity contribution is 6.20. The zero-order valence-electron chi connectivity index (χ0n) is 13.1. The van der Waals surface area contributed by atoms with Crippen molar-refractivity contribution >= 4 is 11.7 Å². The minimum atomic E-state index is -0.512. The number of carbonyl (C=O) groups is 1. The third kappa shape index (κ3) is 3.39. The lowest BCUT2D eigenvalue weighted by Crippen LogP contribution is -2.44. The molecule has 0 aromatic heterocycles. The van der Waals surface area contributed by atoms with Crippen LogP contribution >= 0.6 is 0 Å². The van der Waals surface area contributed by atoms with Crippen molar-refractivity contribution in [3.05, 3.63) is 11.3 Å². The first-order chi connectivity index (χ1) is 10.0. The Hall–Kier alpha value is -1.52. The topological polar surface area (TPSA) is 68.1 Å². The number of nitrogens with zero attached hydrogens (tertiary/aromatic N) is 1. The summed E-state index contributed by atoms with van der Waals surface area (Å²) < 4.78 is 5.72. The molecule has 1 spiro atoms. The van der Waals surface area contributed by atoms with Crippen LogP contribution < -0.4 is 0 Å². The van der Waals surface area contributed by atoms with Gasteiger partial charge in [0.25, 0.3) is 0 Å². The van der Waals surface area contributed by atoms with Gasteiger partial charge in [-0.15, -0.1) is 0 Å². The van der Waals surface area contributed by atoms with E-state index < -0.39 is 11.6 Å². The van der Waals surface area contributed by atoms with Crippen molar-refractivity contribution < 1.29 is 19.5 Å². The number of hydrogen-bond acceptors (Lipinski definition) is 5. The summed E-state index contributed by atoms with van der Waals surface area (Å²) in [5.41, 5.74) is 0.135. The van der Waals surface area contributed by atoms with Crippen LogP contribution in [0.25, 0.3) is 0 Å². The van der Waals surface area contributed by atoms with E-state index >= 15 is 0 Å². The van der Waals surface area contributed by atoms with E-state index in [2.05, 4.69) is 12.1 Å². The van der Waals surface area contributed by atoms with Crippen molar-refractivity contribution in [2.24, 2.45) is 11.1 Å². The van der Waals surface area contributed by atoms with E-state index in [0.29, 0.717) is 31.1 Å². The van der Waals surface area contributed by atoms with Crippen molar-refractivity contribution in [1.29, 1.82) is 0 Å². The third-order valence-corrected chi connectivity index (χ3v) is 4.40. The minimum absolute atomic E-state index is 0.0982. The van der Waals surface area contributed by atoms with Gasteiger partial charge in [0.15, 0.2) is 0 Å². The summed E-state index contributed by atoms with van der Waals surface area (Å²) >= 11 is 0. The van der Waals surface area contributed by atoms with Crippen molar-refractivity contribution in [1.82, 2.24) is 0 Å². The molecular weight excluding hydrogens is 270 g/mol. The van der Waals surface area contributed by atoms with Crippen molar-refractivity contribution in [3.63, 3.8) is 0 Å². The lowest BCUT2D eigenvalue weighted by Gasteiger charge is -2.41. The average Bonchev–Trinajstić information content (AvgIpc) is 2.45. The molecule has 1 saturated carbocycles. The molecule has 0 bridgehead atoms. The molecule has 2 aliphatic rings. The predicted molar refractivity (Wildman–Crippen MR) is 80.1 cm³/mol. The number of aliphatic hydroxyl groups excluding tert-OH is 1. The normalized spacial score (nSPS) is 30.5. The van der Waals surface area contributed by atoms with Crippen LogP contribution in [0.1, 0.15) is 59.3 Å². The van der Waals surface area contributed by atoms with E-state index in [4.69, 9.17) is 9.57 Å². The van der Waals surface area contributed by atoms with Crippen LogP contribution in [-0.2, 0) is 14.4 Å². The van der Waals surface area contributed by atoms with Gasteiger partial charge < -0.3 is 14.7 Å². The molecule has 0 saturated heterocycles. The van der Waals surface area contributed by atoms with E-state index in [1.54, 1.807) is 0 Å². The standard InChI is InChI=1S/C16H25NO4/c1-4-12(17-20-5-2)14-13(18)10-16(21-15(14)19)8-6-11(3)7-9-16/h11,18H,4-10H2,1-3H3. The Labute approximate surface area is 126 Å². The number of rotatable bonds is 4. The minimum Gasteiger partial charge on any atom is -0.511 e. The van der Waals surface area contributed by atoms with Crippen LogP contribution in [0.4, 0.5) is 0 Å². The largest absolute Gasteiger partial charge is 0.511 e. The molecule has 0 amide bonds. The predicted octanol–water partition coefficient (Wildman–Crippen LogP) is 3.50. The van der Waals surface area contributed by atoms with E-state index in [9.17, 15) is 9.90 Å². The maximum absolute atomic E-state index is 12.3. The second-order valence-corrected chi connectivity index (χ2v) is 6.06. The average molecular weight is 295 g/mol. The van der Waals surface area contributed by atoms with Crippen LogP contribution in [0.5, 0.6) is 0 Å². The Kier molecular flexibility index (Phi) is 4.91. The summed E-state index contributed by atoms with van der Waals surface area (Å²) in [5.74, 6) is 0.294. The Balaban J connectivity index is 2.22. The highest BCUT2D eigenvalue weighted by Gasteiger charge is 2.44. The third-order valence-electron chi connectivity index (χ3n) is 4.40. The van der Waals surface area contributed by atoms with Crippen molar-refractivity contribution in [2.75, 3.05) is 6.61 Å². The van der Waals surface area contributed by atoms with Crippen LogP contribution in [-0.4, -0.2) is 29.0 Å². The van der Waals surface area contributed by atoms with Gasteiger partial charge in [0.2, 0.25) is 0 Å². The second-order valence-electron chi connectivity index (χ2n) is 6.06. The Morgan fingerprint density at radius 1 is 1.43 bits per heavy atom.